The fourth-order valence-electron chi connectivity index (χ4n) is 4.86. The van der Waals surface area contributed by atoms with Gasteiger partial charge in [0.15, 0.2) is 5.60 Å². The normalized spacial score (nSPS) is 18.1. The topological polar surface area (TPSA) is 111 Å². The van der Waals surface area contributed by atoms with E-state index in [2.05, 4.69) is 5.32 Å². The number of cyclic esters (lactones) is 1. The Balaban J connectivity index is 1.75. The number of ether oxygens (including phenoxy) is 1. The molecular formula is C25H24FN3O5S. The average Bonchev–Trinajstić information content (AvgIpc) is 3.19. The van der Waals surface area contributed by atoms with Crippen molar-refractivity contribution in [3.8, 4) is 11.4 Å². The number of aryl methyl sites for hydroxylation is 1. The number of halogens is 1. The maximum Gasteiger partial charge on any atom is 0.343 e. The molecule has 1 amide bonds. The molecule has 4 heterocycles. The number of hydrogen-bond acceptors (Lipinski definition) is 7. The zero-order chi connectivity index (χ0) is 25.1. The molecule has 2 aliphatic rings. The Hall–Kier alpha value is -3.24. The molecule has 5 rings (SSSR count). The maximum absolute atomic E-state index is 14.5. The van der Waals surface area contributed by atoms with Crippen molar-refractivity contribution in [1.29, 1.82) is 0 Å². The monoisotopic (exact) mass is 497 g/mol. The van der Waals surface area contributed by atoms with Gasteiger partial charge in [0, 0.05) is 29.1 Å². The first kappa shape index (κ1) is 23.5. The minimum atomic E-state index is -1.93. The first-order valence-corrected chi connectivity index (χ1v) is 12.6. The van der Waals surface area contributed by atoms with Gasteiger partial charge in [-0.2, -0.15) is 11.8 Å². The molecule has 0 saturated carbocycles. The van der Waals surface area contributed by atoms with Crippen LogP contribution in [0.5, 0.6) is 0 Å². The molecule has 0 saturated heterocycles. The Morgan fingerprint density at radius 3 is 2.80 bits per heavy atom. The molecule has 3 aromatic rings. The molecule has 2 aliphatic heterocycles. The molecule has 10 heteroatoms. The molecule has 35 heavy (non-hydrogen) atoms. The van der Waals surface area contributed by atoms with Crippen molar-refractivity contribution >= 4 is 34.5 Å². The van der Waals surface area contributed by atoms with Crippen molar-refractivity contribution in [1.82, 2.24) is 14.9 Å². The van der Waals surface area contributed by atoms with Gasteiger partial charge in [-0.25, -0.2) is 14.2 Å². The Morgan fingerprint density at radius 1 is 1.31 bits per heavy atom. The number of pyridine rings is 2. The largest absolute Gasteiger partial charge is 0.458 e. The van der Waals surface area contributed by atoms with Crippen LogP contribution in [0.1, 0.15) is 41.2 Å². The van der Waals surface area contributed by atoms with E-state index in [9.17, 15) is 23.9 Å². The first-order chi connectivity index (χ1) is 16.7. The number of fused-ring (bicyclic) bond motifs is 5. The van der Waals surface area contributed by atoms with Crippen LogP contribution in [-0.4, -0.2) is 38.5 Å². The molecule has 1 aromatic carbocycles. The molecule has 0 unspecified atom stereocenters. The number of hydrogen-bond donors (Lipinski definition) is 2. The van der Waals surface area contributed by atoms with Gasteiger partial charge in [-0.1, -0.05) is 6.92 Å². The quantitative estimate of drug-likeness (QED) is 0.408. The number of esters is 1. The van der Waals surface area contributed by atoms with Crippen LogP contribution in [0.4, 0.5) is 4.39 Å². The van der Waals surface area contributed by atoms with E-state index in [4.69, 9.17) is 9.72 Å². The van der Waals surface area contributed by atoms with Gasteiger partial charge in [0.05, 0.1) is 34.8 Å². The van der Waals surface area contributed by atoms with E-state index in [0.29, 0.717) is 33.6 Å². The van der Waals surface area contributed by atoms with E-state index in [1.165, 1.54) is 22.4 Å². The second-order valence-corrected chi connectivity index (χ2v) is 9.71. The third-order valence-electron chi connectivity index (χ3n) is 6.82. The minimum absolute atomic E-state index is 0.0386. The zero-order valence-electron chi connectivity index (χ0n) is 19.5. The van der Waals surface area contributed by atoms with Crippen LogP contribution in [0.15, 0.2) is 23.0 Å². The highest BCUT2D eigenvalue weighted by Crippen LogP contribution is 2.40. The van der Waals surface area contributed by atoms with Gasteiger partial charge in [-0.05, 0) is 42.9 Å². The molecule has 2 N–H and O–H groups in total. The van der Waals surface area contributed by atoms with Gasteiger partial charge in [-0.3, -0.25) is 9.59 Å². The lowest BCUT2D eigenvalue weighted by molar-refractivity contribution is -0.172. The highest BCUT2D eigenvalue weighted by atomic mass is 32.2. The average molecular weight is 498 g/mol. The Morgan fingerprint density at radius 2 is 2.09 bits per heavy atom. The van der Waals surface area contributed by atoms with E-state index in [1.54, 1.807) is 26.0 Å². The van der Waals surface area contributed by atoms with Crippen molar-refractivity contribution in [2.75, 3.05) is 12.0 Å². The number of aromatic nitrogens is 2. The van der Waals surface area contributed by atoms with Gasteiger partial charge >= 0.3 is 5.97 Å². The molecule has 0 spiro atoms. The third-order valence-corrected chi connectivity index (χ3v) is 7.37. The van der Waals surface area contributed by atoms with Gasteiger partial charge in [0.2, 0.25) is 5.91 Å². The Bertz CT molecular complexity index is 1480. The van der Waals surface area contributed by atoms with E-state index < -0.39 is 17.4 Å². The Kier molecular flexibility index (Phi) is 5.68. The summed E-state index contributed by atoms with van der Waals surface area (Å²) in [5, 5.41) is 14.7. The molecule has 2 aromatic heterocycles. The summed E-state index contributed by atoms with van der Waals surface area (Å²) < 4.78 is 21.1. The molecule has 0 fully saturated rings. The van der Waals surface area contributed by atoms with Gasteiger partial charge in [0.25, 0.3) is 5.56 Å². The fourth-order valence-corrected chi connectivity index (χ4v) is 5.23. The number of thioether (sulfide) groups is 1. The number of amides is 1. The lowest BCUT2D eigenvalue weighted by Crippen LogP contribution is -2.44. The highest BCUT2D eigenvalue weighted by molar-refractivity contribution is 7.99. The van der Waals surface area contributed by atoms with Crippen LogP contribution in [0, 0.1) is 12.7 Å². The lowest BCUT2D eigenvalue weighted by atomic mass is 9.86. The molecule has 1 atom stereocenters. The molecule has 8 nitrogen and oxygen atoms in total. The summed E-state index contributed by atoms with van der Waals surface area (Å²) in [5.74, 6) is -1.04. The zero-order valence-corrected chi connectivity index (χ0v) is 20.3. The smallest absolute Gasteiger partial charge is 0.343 e. The molecule has 182 valence electrons. The lowest BCUT2D eigenvalue weighted by Gasteiger charge is -2.31. The van der Waals surface area contributed by atoms with Crippen LogP contribution in [0.25, 0.3) is 22.3 Å². The number of carbonyl (C=O) groups is 2. The van der Waals surface area contributed by atoms with Crippen molar-refractivity contribution < 1.29 is 23.8 Å². The number of rotatable bonds is 5. The number of benzene rings is 1. The Labute approximate surface area is 204 Å². The first-order valence-electron chi connectivity index (χ1n) is 11.2. The number of aliphatic hydroxyl groups is 1. The van der Waals surface area contributed by atoms with Crippen LogP contribution >= 0.6 is 11.8 Å². The number of nitrogens with zero attached hydrogens (tertiary/aromatic N) is 2. The number of nitrogens with one attached hydrogen (secondary N) is 1. The minimum Gasteiger partial charge on any atom is -0.458 e. The summed E-state index contributed by atoms with van der Waals surface area (Å²) in [6.07, 6.45) is 1.87. The summed E-state index contributed by atoms with van der Waals surface area (Å²) in [6.45, 7) is 3.47. The van der Waals surface area contributed by atoms with Crippen molar-refractivity contribution in [3.63, 3.8) is 0 Å². The van der Waals surface area contributed by atoms with Crippen LogP contribution < -0.4 is 10.9 Å². The SMILES string of the molecule is CC[C@@]1(O)C(=O)OCc2c1cc1n(c2=O)Cc2c-1nc1cc(F)c(C)cc1c2CNC(=O)CSC. The van der Waals surface area contributed by atoms with E-state index in [1.807, 2.05) is 6.26 Å². The van der Waals surface area contributed by atoms with Gasteiger partial charge in [-0.15, -0.1) is 0 Å². The predicted octanol–water partition coefficient (Wildman–Crippen LogP) is 2.51. The summed E-state index contributed by atoms with van der Waals surface area (Å²) in [5.41, 5.74) is 1.36. The molecule has 0 bridgehead atoms. The van der Waals surface area contributed by atoms with Crippen molar-refractivity contribution in [2.45, 2.75) is 45.6 Å². The van der Waals surface area contributed by atoms with Crippen LogP contribution in [-0.2, 0) is 39.6 Å². The van der Waals surface area contributed by atoms with E-state index in [-0.39, 0.29) is 48.7 Å². The third kappa shape index (κ3) is 3.54. The predicted molar refractivity (Wildman–Crippen MR) is 129 cm³/mol. The van der Waals surface area contributed by atoms with E-state index in [0.717, 1.165) is 11.1 Å². The summed E-state index contributed by atoms with van der Waals surface area (Å²) in [4.78, 5) is 42.7. The van der Waals surface area contributed by atoms with Crippen molar-refractivity contribution in [2.24, 2.45) is 0 Å². The van der Waals surface area contributed by atoms with Crippen molar-refractivity contribution in [3.05, 3.63) is 62.2 Å². The van der Waals surface area contributed by atoms with Gasteiger partial charge in [0.1, 0.15) is 12.4 Å². The van der Waals surface area contributed by atoms with E-state index >= 15 is 0 Å². The second-order valence-electron chi connectivity index (χ2n) is 8.85. The van der Waals surface area contributed by atoms with Crippen LogP contribution in [0.2, 0.25) is 0 Å². The molecular weight excluding hydrogens is 473 g/mol. The summed E-state index contributed by atoms with van der Waals surface area (Å²) in [6, 6.07) is 4.66. The summed E-state index contributed by atoms with van der Waals surface area (Å²) >= 11 is 1.40. The molecule has 0 aliphatic carbocycles. The second kappa shape index (κ2) is 8.46. The maximum atomic E-state index is 14.5. The number of carbonyl (C=O) groups excluding carboxylic acids is 2. The molecule has 0 radical (unpaired) electrons. The van der Waals surface area contributed by atoms with Gasteiger partial charge < -0.3 is 19.7 Å². The van der Waals surface area contributed by atoms with Crippen LogP contribution in [0.3, 0.4) is 0 Å². The summed E-state index contributed by atoms with van der Waals surface area (Å²) in [7, 11) is 0. The standard InChI is InChI=1S/C25H24FN3O5S/c1-4-25(33)17-6-20-22-15(9-29(20)23(31)16(17)10-34-24(25)32)14(8-27-21(30)11-35-3)13-5-12(2)18(26)7-19(13)28-22/h5-7,33H,4,8-11H2,1-3H3,(H,27,30)/t25-/m0/s1. The fraction of sp³-hybridized carbons (Fsp3) is 0.360. The highest BCUT2D eigenvalue weighted by Gasteiger charge is 2.45.